The summed E-state index contributed by atoms with van der Waals surface area (Å²) >= 11 is 0. The summed E-state index contributed by atoms with van der Waals surface area (Å²) in [7, 11) is 0. The van der Waals surface area contributed by atoms with E-state index in [1.165, 1.54) is 0 Å². The van der Waals surface area contributed by atoms with E-state index in [-0.39, 0.29) is 0 Å². The number of alkyl halides is 9. The molecule has 0 heterocycles. The van der Waals surface area contributed by atoms with Crippen molar-refractivity contribution in [1.82, 2.24) is 0 Å². The third-order valence-electron chi connectivity index (χ3n) is 2.17. The Morgan fingerprint density at radius 3 is 1.38 bits per heavy atom. The van der Waals surface area contributed by atoms with Gasteiger partial charge in [-0.05, 0) is 0 Å². The van der Waals surface area contributed by atoms with Crippen LogP contribution in [-0.2, 0) is 5.11 Å². The zero-order chi connectivity index (χ0) is 13.2. The van der Waals surface area contributed by atoms with Crippen LogP contribution in [0, 0.1) is 0 Å². The molecule has 1 unspecified atom stereocenters. The molecule has 1 aliphatic rings. The second-order valence-electron chi connectivity index (χ2n) is 3.33. The fourth-order valence-electron chi connectivity index (χ4n) is 1.17. The molecule has 1 nitrogen and oxygen atoms in total. The van der Waals surface area contributed by atoms with Crippen LogP contribution in [-0.4, -0.2) is 29.5 Å². The van der Waals surface area contributed by atoms with Crippen LogP contribution in [0.3, 0.4) is 0 Å². The van der Waals surface area contributed by atoms with Crippen LogP contribution in [0.5, 0.6) is 0 Å². The average molecular weight is 261 g/mol. The van der Waals surface area contributed by atoms with Gasteiger partial charge in [0.1, 0.15) is 0 Å². The number of halogens is 9. The van der Waals surface area contributed by atoms with Gasteiger partial charge in [0.25, 0.3) is 0 Å². The molecule has 0 aliphatic heterocycles. The van der Waals surface area contributed by atoms with Gasteiger partial charge in [-0.1, -0.05) is 0 Å². The molecule has 1 saturated carbocycles. The highest BCUT2D eigenvalue weighted by Gasteiger charge is 2.91. The minimum atomic E-state index is -6.77. The lowest BCUT2D eigenvalue weighted by molar-refractivity contribution is -0.464. The zero-order valence-electron chi connectivity index (χ0n) is 7.02. The van der Waals surface area contributed by atoms with Gasteiger partial charge in [0.2, 0.25) is 0 Å². The van der Waals surface area contributed by atoms with Crippen molar-refractivity contribution in [3.63, 3.8) is 0 Å². The van der Waals surface area contributed by atoms with Crippen molar-refractivity contribution in [3.05, 3.63) is 0 Å². The highest BCUT2D eigenvalue weighted by atomic mass is 19.4. The van der Waals surface area contributed by atoms with Crippen LogP contribution in [0.15, 0.2) is 0 Å². The van der Waals surface area contributed by atoms with E-state index < -0.39 is 36.0 Å². The van der Waals surface area contributed by atoms with E-state index in [2.05, 4.69) is 0 Å². The molecular weight excluding hydrogens is 259 g/mol. The number of hydrogen-bond acceptors (Lipinski definition) is 0. The first kappa shape index (κ1) is 13.4. The molecule has 0 spiro atoms. The van der Waals surface area contributed by atoms with Gasteiger partial charge in [-0.2, -0.15) is 40.2 Å². The summed E-state index contributed by atoms with van der Waals surface area (Å²) < 4.78 is 111. The highest BCUT2D eigenvalue weighted by molar-refractivity contribution is 5.14. The van der Waals surface area contributed by atoms with Gasteiger partial charge in [0.05, 0.1) is 6.42 Å². The molecule has 10 heteroatoms. The third kappa shape index (κ3) is 1.19. The first-order valence-electron chi connectivity index (χ1n) is 3.61. The lowest BCUT2D eigenvalue weighted by atomic mass is 9.82. The molecule has 1 aliphatic carbocycles. The van der Waals surface area contributed by atoms with Crippen LogP contribution < -0.4 is 0 Å². The number of rotatable bonds is 0. The number of hydrogen-bond donors (Lipinski definition) is 0. The summed E-state index contributed by atoms with van der Waals surface area (Å²) in [6.45, 7) is 0. The molecule has 95 valence electrons. The maximum absolute atomic E-state index is 12.4. The highest BCUT2D eigenvalue weighted by Crippen LogP contribution is 2.63. The van der Waals surface area contributed by atoms with E-state index in [9.17, 15) is 44.6 Å². The first-order chi connectivity index (χ1) is 6.71. The van der Waals surface area contributed by atoms with Crippen molar-refractivity contribution in [3.8, 4) is 0 Å². The Kier molecular flexibility index (Phi) is 2.32. The Hall–Kier alpha value is -0.670. The van der Waals surface area contributed by atoms with Crippen molar-refractivity contribution in [2.24, 2.45) is 0 Å². The Balaban J connectivity index is 3.43. The summed E-state index contributed by atoms with van der Waals surface area (Å²) in [4.78, 5) is 0. The Bertz CT molecular complexity index is 279. The van der Waals surface area contributed by atoms with Crippen molar-refractivity contribution in [1.29, 1.82) is 0 Å². The Labute approximate surface area is 81.8 Å². The predicted molar refractivity (Wildman–Crippen MR) is 28.9 cm³/mol. The van der Waals surface area contributed by atoms with Gasteiger partial charge in [0, 0.05) is 0 Å². The SMILES string of the molecule is [O]C1(F)CC(F)(F)C(F)(F)C(F)(F)C1(F)F. The van der Waals surface area contributed by atoms with Crippen molar-refractivity contribution in [2.45, 2.75) is 36.0 Å². The molecule has 16 heavy (non-hydrogen) atoms. The molecule has 0 aromatic heterocycles. The van der Waals surface area contributed by atoms with Crippen LogP contribution in [0.4, 0.5) is 39.5 Å². The predicted octanol–water partition coefficient (Wildman–Crippen LogP) is 3.03. The molecule has 0 amide bonds. The van der Waals surface area contributed by atoms with Crippen LogP contribution in [0.1, 0.15) is 6.42 Å². The minimum Gasteiger partial charge on any atom is -0.202 e. The van der Waals surface area contributed by atoms with E-state index in [0.29, 0.717) is 0 Å². The summed E-state index contributed by atoms with van der Waals surface area (Å²) in [5, 5.41) is 10.2. The van der Waals surface area contributed by atoms with Gasteiger partial charge in [0.15, 0.2) is 0 Å². The van der Waals surface area contributed by atoms with E-state index in [4.69, 9.17) is 0 Å². The fraction of sp³-hybridized carbons (Fsp3) is 1.00. The maximum atomic E-state index is 12.4. The van der Waals surface area contributed by atoms with Crippen molar-refractivity contribution in [2.75, 3.05) is 0 Å². The third-order valence-corrected chi connectivity index (χ3v) is 2.17. The van der Waals surface area contributed by atoms with Crippen LogP contribution in [0.2, 0.25) is 0 Å². The molecule has 0 aromatic rings. The lowest BCUT2D eigenvalue weighted by Crippen LogP contribution is -2.74. The normalized spacial score (nSPS) is 39.4. The molecule has 1 radical (unpaired) electrons. The minimum absolute atomic E-state index is 3.23. The van der Waals surface area contributed by atoms with E-state index in [1.807, 2.05) is 0 Å². The van der Waals surface area contributed by atoms with E-state index in [0.717, 1.165) is 0 Å². The Morgan fingerprint density at radius 2 is 1.00 bits per heavy atom. The second kappa shape index (κ2) is 2.77. The van der Waals surface area contributed by atoms with Gasteiger partial charge in [-0.3, -0.25) is 0 Å². The van der Waals surface area contributed by atoms with Crippen molar-refractivity contribution >= 4 is 0 Å². The lowest BCUT2D eigenvalue weighted by Gasteiger charge is -2.45. The summed E-state index contributed by atoms with van der Waals surface area (Å²) in [6.07, 6.45) is -3.23. The van der Waals surface area contributed by atoms with Crippen molar-refractivity contribution < 1.29 is 44.6 Å². The summed E-state index contributed by atoms with van der Waals surface area (Å²) in [5.41, 5.74) is 0. The van der Waals surface area contributed by atoms with E-state index in [1.54, 1.807) is 0 Å². The topological polar surface area (TPSA) is 19.9 Å². The summed E-state index contributed by atoms with van der Waals surface area (Å²) in [6, 6.07) is 0. The molecule has 0 N–H and O–H groups in total. The van der Waals surface area contributed by atoms with Gasteiger partial charge < -0.3 is 0 Å². The maximum Gasteiger partial charge on any atom is 0.384 e. The van der Waals surface area contributed by atoms with E-state index >= 15 is 0 Å². The van der Waals surface area contributed by atoms with Gasteiger partial charge in [-0.25, -0.2) is 4.39 Å². The molecule has 1 fully saturated rings. The Morgan fingerprint density at radius 1 is 0.625 bits per heavy atom. The largest absolute Gasteiger partial charge is 0.384 e. The van der Waals surface area contributed by atoms with Gasteiger partial charge >= 0.3 is 29.5 Å². The molecule has 1 rings (SSSR count). The average Bonchev–Trinajstić information content (AvgIpc) is 1.98. The smallest absolute Gasteiger partial charge is 0.202 e. The molecule has 0 aromatic carbocycles. The van der Waals surface area contributed by atoms with Gasteiger partial charge in [-0.15, -0.1) is 0 Å². The molecular formula is C6H2F9O. The zero-order valence-corrected chi connectivity index (χ0v) is 7.02. The molecule has 0 saturated heterocycles. The molecule has 1 atom stereocenters. The quantitative estimate of drug-likeness (QED) is 0.597. The molecule has 0 bridgehead atoms. The van der Waals surface area contributed by atoms with Crippen LogP contribution >= 0.6 is 0 Å². The second-order valence-corrected chi connectivity index (χ2v) is 3.33. The fourth-order valence-corrected chi connectivity index (χ4v) is 1.17. The first-order valence-corrected chi connectivity index (χ1v) is 3.61. The summed E-state index contributed by atoms with van der Waals surface area (Å²) in [5.74, 6) is -31.2. The standard InChI is InChI=1S/C6H2F9O/c7-2(8)1-3(9,16)5(12,13)6(14,15)4(2,10)11/h1H2. The monoisotopic (exact) mass is 261 g/mol. The van der Waals surface area contributed by atoms with Crippen LogP contribution in [0.25, 0.3) is 0 Å².